The molecule has 1 heterocycles. The molecule has 0 aromatic heterocycles. The quantitative estimate of drug-likeness (QED) is 0.671. The molecule has 2 atom stereocenters. The van der Waals surface area contributed by atoms with Gasteiger partial charge in [0.25, 0.3) is 0 Å². The van der Waals surface area contributed by atoms with E-state index in [1.807, 2.05) is 6.92 Å². The smallest absolute Gasteiger partial charge is 0.112 e. The summed E-state index contributed by atoms with van der Waals surface area (Å²) in [5.74, 6) is 0. The fraction of sp³-hybridized carbons (Fsp3) is 1.00. The Kier molecular flexibility index (Phi) is 4.67. The van der Waals surface area contributed by atoms with Gasteiger partial charge in [-0.3, -0.25) is 4.90 Å². The van der Waals surface area contributed by atoms with Crippen LogP contribution in [0.1, 0.15) is 26.7 Å². The molecular formula is C10H20FNO. The zero-order valence-corrected chi connectivity index (χ0v) is 8.63. The normalized spacial score (nSPS) is 28.4. The SMILES string of the molecule is CCC(F)CN1CCCOCC1C. The van der Waals surface area contributed by atoms with E-state index < -0.39 is 6.17 Å². The second kappa shape index (κ2) is 5.55. The van der Waals surface area contributed by atoms with E-state index in [0.717, 1.165) is 26.2 Å². The number of nitrogens with zero attached hydrogens (tertiary/aromatic N) is 1. The Morgan fingerprint density at radius 1 is 1.62 bits per heavy atom. The van der Waals surface area contributed by atoms with Gasteiger partial charge in [0.05, 0.1) is 6.61 Å². The lowest BCUT2D eigenvalue weighted by atomic mass is 10.2. The standard InChI is InChI=1S/C10H20FNO/c1-3-10(11)7-12-5-4-6-13-8-9(12)2/h9-10H,3-8H2,1-2H3. The first-order valence-electron chi connectivity index (χ1n) is 5.20. The van der Waals surface area contributed by atoms with E-state index in [2.05, 4.69) is 11.8 Å². The van der Waals surface area contributed by atoms with Crippen molar-refractivity contribution in [2.75, 3.05) is 26.3 Å². The summed E-state index contributed by atoms with van der Waals surface area (Å²) >= 11 is 0. The van der Waals surface area contributed by atoms with Crippen LogP contribution in [-0.2, 0) is 4.74 Å². The highest BCUT2D eigenvalue weighted by atomic mass is 19.1. The van der Waals surface area contributed by atoms with E-state index in [0.29, 0.717) is 19.0 Å². The predicted molar refractivity (Wildman–Crippen MR) is 51.7 cm³/mol. The van der Waals surface area contributed by atoms with Crippen LogP contribution in [0.15, 0.2) is 0 Å². The number of halogens is 1. The summed E-state index contributed by atoms with van der Waals surface area (Å²) in [5.41, 5.74) is 0. The Balaban J connectivity index is 2.35. The average Bonchev–Trinajstić information content (AvgIpc) is 2.32. The topological polar surface area (TPSA) is 12.5 Å². The average molecular weight is 189 g/mol. The molecule has 3 heteroatoms. The van der Waals surface area contributed by atoms with Gasteiger partial charge in [0, 0.05) is 25.7 Å². The van der Waals surface area contributed by atoms with Crippen LogP contribution in [0.4, 0.5) is 4.39 Å². The second-order valence-electron chi connectivity index (χ2n) is 3.78. The summed E-state index contributed by atoms with van der Waals surface area (Å²) < 4.78 is 18.5. The number of hydrogen-bond donors (Lipinski definition) is 0. The van der Waals surface area contributed by atoms with Gasteiger partial charge in [0.15, 0.2) is 0 Å². The minimum Gasteiger partial charge on any atom is -0.380 e. The van der Waals surface area contributed by atoms with Crippen LogP contribution >= 0.6 is 0 Å². The van der Waals surface area contributed by atoms with E-state index in [1.54, 1.807) is 0 Å². The molecule has 0 aromatic carbocycles. The van der Waals surface area contributed by atoms with Crippen molar-refractivity contribution < 1.29 is 9.13 Å². The van der Waals surface area contributed by atoms with E-state index >= 15 is 0 Å². The third-order valence-electron chi connectivity index (χ3n) is 2.59. The van der Waals surface area contributed by atoms with Crippen molar-refractivity contribution in [3.05, 3.63) is 0 Å². The Labute approximate surface area is 80.1 Å². The van der Waals surface area contributed by atoms with Crippen molar-refractivity contribution in [3.8, 4) is 0 Å². The summed E-state index contributed by atoms with van der Waals surface area (Å²) in [5, 5.41) is 0. The Morgan fingerprint density at radius 2 is 2.38 bits per heavy atom. The van der Waals surface area contributed by atoms with Gasteiger partial charge < -0.3 is 4.74 Å². The first-order chi connectivity index (χ1) is 6.24. The van der Waals surface area contributed by atoms with Gasteiger partial charge in [-0.2, -0.15) is 0 Å². The van der Waals surface area contributed by atoms with Crippen molar-refractivity contribution in [1.29, 1.82) is 0 Å². The first-order valence-corrected chi connectivity index (χ1v) is 5.20. The monoisotopic (exact) mass is 189 g/mol. The van der Waals surface area contributed by atoms with Crippen molar-refractivity contribution in [1.82, 2.24) is 4.90 Å². The summed E-state index contributed by atoms with van der Waals surface area (Å²) in [4.78, 5) is 2.20. The summed E-state index contributed by atoms with van der Waals surface area (Å²) in [6, 6.07) is 0.368. The molecule has 1 aliphatic rings. The molecule has 0 spiro atoms. The minimum atomic E-state index is -0.680. The molecule has 0 aliphatic carbocycles. The highest BCUT2D eigenvalue weighted by Crippen LogP contribution is 2.10. The molecule has 0 amide bonds. The number of rotatable bonds is 3. The molecule has 13 heavy (non-hydrogen) atoms. The van der Waals surface area contributed by atoms with Gasteiger partial charge in [-0.05, 0) is 19.8 Å². The maximum absolute atomic E-state index is 13.1. The lowest BCUT2D eigenvalue weighted by Gasteiger charge is -2.27. The largest absolute Gasteiger partial charge is 0.380 e. The van der Waals surface area contributed by atoms with Crippen molar-refractivity contribution in [3.63, 3.8) is 0 Å². The fourth-order valence-electron chi connectivity index (χ4n) is 1.60. The molecule has 0 radical (unpaired) electrons. The Hall–Kier alpha value is -0.150. The van der Waals surface area contributed by atoms with Crippen LogP contribution in [0.2, 0.25) is 0 Å². The molecule has 1 rings (SSSR count). The molecular weight excluding hydrogens is 169 g/mol. The third kappa shape index (κ3) is 3.61. The van der Waals surface area contributed by atoms with Crippen LogP contribution in [0.3, 0.4) is 0 Å². The maximum Gasteiger partial charge on any atom is 0.112 e. The van der Waals surface area contributed by atoms with Crippen molar-refractivity contribution >= 4 is 0 Å². The van der Waals surface area contributed by atoms with Crippen LogP contribution < -0.4 is 0 Å². The first kappa shape index (κ1) is 10.9. The third-order valence-corrected chi connectivity index (χ3v) is 2.59. The number of ether oxygens (including phenoxy) is 1. The molecule has 1 fully saturated rings. The zero-order chi connectivity index (χ0) is 9.68. The van der Waals surface area contributed by atoms with Crippen molar-refractivity contribution in [2.45, 2.75) is 38.9 Å². The molecule has 2 unspecified atom stereocenters. The van der Waals surface area contributed by atoms with Crippen molar-refractivity contribution in [2.24, 2.45) is 0 Å². The van der Waals surface area contributed by atoms with E-state index in [1.165, 1.54) is 0 Å². The van der Waals surface area contributed by atoms with Gasteiger partial charge in [-0.15, -0.1) is 0 Å². The van der Waals surface area contributed by atoms with E-state index in [-0.39, 0.29) is 0 Å². The lowest BCUT2D eigenvalue weighted by molar-refractivity contribution is 0.0950. The van der Waals surface area contributed by atoms with E-state index in [9.17, 15) is 4.39 Å². The maximum atomic E-state index is 13.1. The number of alkyl halides is 1. The molecule has 1 saturated heterocycles. The second-order valence-corrected chi connectivity index (χ2v) is 3.78. The van der Waals surface area contributed by atoms with Crippen LogP contribution in [-0.4, -0.2) is 43.4 Å². The molecule has 2 nitrogen and oxygen atoms in total. The molecule has 78 valence electrons. The van der Waals surface area contributed by atoms with Crippen LogP contribution in [0.25, 0.3) is 0 Å². The summed E-state index contributed by atoms with van der Waals surface area (Å²) in [6.07, 6.45) is 0.964. The Bertz CT molecular complexity index is 143. The molecule has 0 aromatic rings. The van der Waals surface area contributed by atoms with E-state index in [4.69, 9.17) is 4.74 Å². The van der Waals surface area contributed by atoms with Gasteiger partial charge in [0.1, 0.15) is 6.17 Å². The summed E-state index contributed by atoms with van der Waals surface area (Å²) in [6.45, 7) is 7.11. The van der Waals surface area contributed by atoms with Gasteiger partial charge in [-0.25, -0.2) is 4.39 Å². The van der Waals surface area contributed by atoms with Gasteiger partial charge in [-0.1, -0.05) is 6.92 Å². The van der Waals surface area contributed by atoms with Crippen LogP contribution in [0, 0.1) is 0 Å². The van der Waals surface area contributed by atoms with Gasteiger partial charge in [0.2, 0.25) is 0 Å². The Morgan fingerprint density at radius 3 is 3.08 bits per heavy atom. The van der Waals surface area contributed by atoms with Crippen LogP contribution in [0.5, 0.6) is 0 Å². The zero-order valence-electron chi connectivity index (χ0n) is 8.63. The molecule has 0 bridgehead atoms. The molecule has 0 N–H and O–H groups in total. The predicted octanol–water partition coefficient (Wildman–Crippen LogP) is 1.85. The fourth-order valence-corrected chi connectivity index (χ4v) is 1.60. The molecule has 1 aliphatic heterocycles. The highest BCUT2D eigenvalue weighted by molar-refractivity contribution is 4.72. The highest BCUT2D eigenvalue weighted by Gasteiger charge is 2.19. The molecule has 0 saturated carbocycles. The minimum absolute atomic E-state index is 0.368. The lowest BCUT2D eigenvalue weighted by Crippen LogP contribution is -2.39. The summed E-state index contributed by atoms with van der Waals surface area (Å²) in [7, 11) is 0. The van der Waals surface area contributed by atoms with Gasteiger partial charge >= 0.3 is 0 Å². The number of hydrogen-bond acceptors (Lipinski definition) is 2.